The molecule has 0 spiro atoms. The highest BCUT2D eigenvalue weighted by Crippen LogP contribution is 2.24. The van der Waals surface area contributed by atoms with Gasteiger partial charge in [0.05, 0.1) is 19.1 Å². The number of halogens is 1. The Bertz CT molecular complexity index is 408. The molecule has 4 nitrogen and oxygen atoms in total. The van der Waals surface area contributed by atoms with Crippen molar-refractivity contribution in [2.75, 3.05) is 11.4 Å². The van der Waals surface area contributed by atoms with Gasteiger partial charge in [-0.25, -0.2) is 4.98 Å². The number of rotatable bonds is 1. The third-order valence-corrected chi connectivity index (χ3v) is 2.81. The van der Waals surface area contributed by atoms with E-state index in [1.165, 1.54) is 4.90 Å². The molecule has 15 heavy (non-hydrogen) atoms. The van der Waals surface area contributed by atoms with E-state index in [1.54, 1.807) is 6.20 Å². The zero-order chi connectivity index (χ0) is 11.0. The molecule has 0 radical (unpaired) electrons. The molecule has 0 aliphatic carbocycles. The number of nitrogens with zero attached hydrogens (tertiary/aromatic N) is 2. The molecule has 5 heteroatoms. The molecule has 1 amide bonds. The molecule has 2 heterocycles. The normalized spacial score (nSPS) is 21.1. The van der Waals surface area contributed by atoms with Gasteiger partial charge in [0.2, 0.25) is 5.91 Å². The van der Waals surface area contributed by atoms with Crippen molar-refractivity contribution in [1.29, 1.82) is 0 Å². The van der Waals surface area contributed by atoms with Gasteiger partial charge in [-0.15, -0.1) is 0 Å². The Morgan fingerprint density at radius 1 is 1.67 bits per heavy atom. The lowest BCUT2D eigenvalue weighted by Gasteiger charge is -2.16. The highest BCUT2D eigenvalue weighted by Gasteiger charge is 2.30. The maximum Gasteiger partial charge on any atom is 0.230 e. The molecule has 1 unspecified atom stereocenters. The number of aliphatic hydroxyl groups excluding tert-OH is 1. The zero-order valence-electron chi connectivity index (χ0n) is 8.27. The summed E-state index contributed by atoms with van der Waals surface area (Å²) in [6, 6.07) is 1.90. The number of hydrogen-bond donors (Lipinski definition) is 1. The first-order valence-electron chi connectivity index (χ1n) is 4.68. The van der Waals surface area contributed by atoms with Crippen molar-refractivity contribution in [3.05, 3.63) is 22.3 Å². The number of hydrogen-bond acceptors (Lipinski definition) is 3. The van der Waals surface area contributed by atoms with Gasteiger partial charge in [0.25, 0.3) is 0 Å². The molecule has 2 rings (SSSR count). The Kier molecular flexibility index (Phi) is 2.75. The standard InChI is InChI=1S/C10H11BrN2O2/c1-6-2-7(11)4-12-10(6)13-5-8(14)3-9(13)15/h2,4,8,14H,3,5H2,1H3. The first kappa shape index (κ1) is 10.6. The summed E-state index contributed by atoms with van der Waals surface area (Å²) in [5.74, 6) is 0.570. The topological polar surface area (TPSA) is 53.4 Å². The summed E-state index contributed by atoms with van der Waals surface area (Å²) in [7, 11) is 0. The molecule has 0 bridgehead atoms. The Morgan fingerprint density at radius 3 is 2.93 bits per heavy atom. The van der Waals surface area contributed by atoms with Crippen molar-refractivity contribution in [2.45, 2.75) is 19.4 Å². The molecule has 1 aliphatic heterocycles. The predicted octanol–water partition coefficient (Wildman–Crippen LogP) is 1.25. The van der Waals surface area contributed by atoms with Crippen LogP contribution >= 0.6 is 15.9 Å². The van der Waals surface area contributed by atoms with Crippen LogP contribution in [0.2, 0.25) is 0 Å². The van der Waals surface area contributed by atoms with Gasteiger partial charge in [-0.1, -0.05) is 0 Å². The van der Waals surface area contributed by atoms with Gasteiger partial charge < -0.3 is 5.11 Å². The highest BCUT2D eigenvalue weighted by molar-refractivity contribution is 9.10. The summed E-state index contributed by atoms with van der Waals surface area (Å²) in [5, 5.41) is 9.38. The minimum atomic E-state index is -0.567. The van der Waals surface area contributed by atoms with Gasteiger partial charge in [0.1, 0.15) is 5.82 Å². The summed E-state index contributed by atoms with van der Waals surface area (Å²) in [6.07, 6.45) is 1.28. The number of carbonyl (C=O) groups excluding carboxylic acids is 1. The van der Waals surface area contributed by atoms with Crippen LogP contribution in [0, 0.1) is 6.92 Å². The maximum absolute atomic E-state index is 11.5. The Morgan fingerprint density at radius 2 is 2.40 bits per heavy atom. The van der Waals surface area contributed by atoms with Gasteiger partial charge in [-0.05, 0) is 34.5 Å². The van der Waals surface area contributed by atoms with E-state index in [4.69, 9.17) is 0 Å². The molecule has 1 aromatic heterocycles. The molecular weight excluding hydrogens is 260 g/mol. The maximum atomic E-state index is 11.5. The smallest absolute Gasteiger partial charge is 0.230 e. The largest absolute Gasteiger partial charge is 0.391 e. The SMILES string of the molecule is Cc1cc(Br)cnc1N1CC(O)CC1=O. The second-order valence-corrected chi connectivity index (χ2v) is 4.57. The average Bonchev–Trinajstić information content (AvgIpc) is 2.45. The van der Waals surface area contributed by atoms with E-state index in [9.17, 15) is 9.90 Å². The van der Waals surface area contributed by atoms with Crippen molar-refractivity contribution in [1.82, 2.24) is 4.98 Å². The van der Waals surface area contributed by atoms with Crippen LogP contribution in [0.5, 0.6) is 0 Å². The molecule has 0 saturated carbocycles. The lowest BCUT2D eigenvalue weighted by Crippen LogP contribution is -2.26. The summed E-state index contributed by atoms with van der Waals surface area (Å²) in [5.41, 5.74) is 0.923. The minimum absolute atomic E-state index is 0.0691. The molecular formula is C10H11BrN2O2. The fourth-order valence-corrected chi connectivity index (χ4v) is 2.16. The van der Waals surface area contributed by atoms with E-state index in [0.29, 0.717) is 12.4 Å². The summed E-state index contributed by atoms with van der Waals surface area (Å²) in [6.45, 7) is 2.24. The third kappa shape index (κ3) is 2.03. The first-order valence-corrected chi connectivity index (χ1v) is 5.48. The number of pyridine rings is 1. The number of carbonyl (C=O) groups is 1. The van der Waals surface area contributed by atoms with Gasteiger partial charge >= 0.3 is 0 Å². The number of β-amino-alcohol motifs (C(OH)–C–C–N with tert-alkyl or cyclic N) is 1. The number of aromatic nitrogens is 1. The van der Waals surface area contributed by atoms with Crippen LogP contribution in [0.3, 0.4) is 0 Å². The zero-order valence-corrected chi connectivity index (χ0v) is 9.86. The predicted molar refractivity (Wildman–Crippen MR) is 59.7 cm³/mol. The van der Waals surface area contributed by atoms with E-state index < -0.39 is 6.10 Å². The third-order valence-electron chi connectivity index (χ3n) is 2.38. The van der Waals surface area contributed by atoms with Gasteiger partial charge in [0, 0.05) is 10.7 Å². The first-order chi connectivity index (χ1) is 7.08. The fourth-order valence-electron chi connectivity index (χ4n) is 1.71. The Labute approximate surface area is 96.1 Å². The van der Waals surface area contributed by atoms with E-state index in [2.05, 4.69) is 20.9 Å². The second kappa shape index (κ2) is 3.90. The molecule has 0 aromatic carbocycles. The van der Waals surface area contributed by atoms with E-state index in [0.717, 1.165) is 10.0 Å². The van der Waals surface area contributed by atoms with Gasteiger partial charge in [-0.2, -0.15) is 0 Å². The summed E-state index contributed by atoms with van der Waals surface area (Å²) in [4.78, 5) is 17.3. The van der Waals surface area contributed by atoms with Crippen LogP contribution in [0.15, 0.2) is 16.7 Å². The molecule has 1 aliphatic rings. The van der Waals surface area contributed by atoms with Gasteiger partial charge in [0.15, 0.2) is 0 Å². The molecule has 1 atom stereocenters. The highest BCUT2D eigenvalue weighted by atomic mass is 79.9. The quantitative estimate of drug-likeness (QED) is 0.836. The molecule has 1 fully saturated rings. The van der Waals surface area contributed by atoms with Crippen LogP contribution in [0.1, 0.15) is 12.0 Å². The van der Waals surface area contributed by atoms with Crippen LogP contribution in [-0.4, -0.2) is 28.6 Å². The molecule has 80 valence electrons. The number of aryl methyl sites for hydroxylation is 1. The Balaban J connectivity index is 2.34. The van der Waals surface area contributed by atoms with E-state index in [-0.39, 0.29) is 12.3 Å². The van der Waals surface area contributed by atoms with E-state index >= 15 is 0 Å². The summed E-state index contributed by atoms with van der Waals surface area (Å²) >= 11 is 3.32. The van der Waals surface area contributed by atoms with Crippen LogP contribution < -0.4 is 4.90 Å². The van der Waals surface area contributed by atoms with Gasteiger partial charge in [-0.3, -0.25) is 9.69 Å². The fraction of sp³-hybridized carbons (Fsp3) is 0.400. The average molecular weight is 271 g/mol. The molecule has 1 aromatic rings. The monoisotopic (exact) mass is 270 g/mol. The van der Waals surface area contributed by atoms with Crippen molar-refractivity contribution in [3.63, 3.8) is 0 Å². The number of anilines is 1. The van der Waals surface area contributed by atoms with Crippen LogP contribution in [0.25, 0.3) is 0 Å². The van der Waals surface area contributed by atoms with Crippen molar-refractivity contribution in [3.8, 4) is 0 Å². The minimum Gasteiger partial charge on any atom is -0.391 e. The number of amides is 1. The summed E-state index contributed by atoms with van der Waals surface area (Å²) < 4.78 is 0.885. The van der Waals surface area contributed by atoms with Crippen molar-refractivity contribution in [2.24, 2.45) is 0 Å². The Hall–Kier alpha value is -0.940. The number of aliphatic hydroxyl groups is 1. The second-order valence-electron chi connectivity index (χ2n) is 3.66. The molecule has 1 saturated heterocycles. The molecule has 1 N–H and O–H groups in total. The lowest BCUT2D eigenvalue weighted by molar-refractivity contribution is -0.117. The van der Waals surface area contributed by atoms with Crippen LogP contribution in [0.4, 0.5) is 5.82 Å². The van der Waals surface area contributed by atoms with Crippen LogP contribution in [-0.2, 0) is 4.79 Å². The van der Waals surface area contributed by atoms with E-state index in [1.807, 2.05) is 13.0 Å². The van der Waals surface area contributed by atoms with Crippen molar-refractivity contribution < 1.29 is 9.90 Å². The lowest BCUT2D eigenvalue weighted by atomic mass is 10.3. The van der Waals surface area contributed by atoms with Crippen molar-refractivity contribution >= 4 is 27.7 Å².